The van der Waals surface area contributed by atoms with Gasteiger partial charge in [0.15, 0.2) is 0 Å². The number of hydrogen-bond donors (Lipinski definition) is 1. The average molecular weight is 384 g/mol. The molecule has 0 fully saturated rings. The number of nitrogens with zero attached hydrogens (tertiary/aromatic N) is 1. The number of benzene rings is 1. The lowest BCUT2D eigenvalue weighted by atomic mass is 9.96. The summed E-state index contributed by atoms with van der Waals surface area (Å²) in [5, 5.41) is 0. The fraction of sp³-hybridized carbons (Fsp3) is 0.214. The van der Waals surface area contributed by atoms with E-state index < -0.39 is 0 Å². The molecule has 2 heterocycles. The maximum atomic E-state index is 6.22. The lowest BCUT2D eigenvalue weighted by Crippen LogP contribution is -2.24. The molecule has 0 radical (unpaired) electrons. The van der Waals surface area contributed by atoms with Crippen LogP contribution in [-0.2, 0) is 0 Å². The third-order valence-electron chi connectivity index (χ3n) is 3.20. The maximum Gasteiger partial charge on any atom is 0.143 e. The number of fused-ring (bicyclic) bond motifs is 1. The minimum absolute atomic E-state index is 0.0210. The Morgan fingerprint density at radius 3 is 2.84 bits per heavy atom. The second kappa shape index (κ2) is 5.23. The van der Waals surface area contributed by atoms with Crippen molar-refractivity contribution >= 4 is 31.9 Å². The summed E-state index contributed by atoms with van der Waals surface area (Å²) in [5.41, 5.74) is 8.17. The summed E-state index contributed by atoms with van der Waals surface area (Å²) >= 11 is 6.93. The van der Waals surface area contributed by atoms with E-state index in [2.05, 4.69) is 36.8 Å². The van der Waals surface area contributed by atoms with Crippen LogP contribution < -0.4 is 10.5 Å². The van der Waals surface area contributed by atoms with Crippen molar-refractivity contribution in [2.45, 2.75) is 18.6 Å². The quantitative estimate of drug-likeness (QED) is 0.805. The Hall–Kier alpha value is -0.910. The van der Waals surface area contributed by atoms with Crippen LogP contribution in [0.2, 0.25) is 0 Å². The molecule has 0 saturated carbocycles. The SMILES string of the molecule is NC1CC(c2ncc(Br)cc2Br)Oc2ccccc21. The van der Waals surface area contributed by atoms with Crippen molar-refractivity contribution in [3.05, 3.63) is 56.7 Å². The first-order valence-electron chi connectivity index (χ1n) is 5.97. The second-order valence-electron chi connectivity index (χ2n) is 4.51. The van der Waals surface area contributed by atoms with Gasteiger partial charge in [0.25, 0.3) is 0 Å². The molecule has 19 heavy (non-hydrogen) atoms. The van der Waals surface area contributed by atoms with Crippen molar-refractivity contribution in [2.75, 3.05) is 0 Å². The van der Waals surface area contributed by atoms with E-state index in [0.717, 1.165) is 32.4 Å². The van der Waals surface area contributed by atoms with Crippen LogP contribution in [-0.4, -0.2) is 4.98 Å². The molecule has 1 aliphatic rings. The number of pyridine rings is 1. The molecule has 5 heteroatoms. The summed E-state index contributed by atoms with van der Waals surface area (Å²) in [6.07, 6.45) is 2.38. The molecular formula is C14H12Br2N2O. The zero-order valence-electron chi connectivity index (χ0n) is 10.0. The first-order chi connectivity index (χ1) is 9.15. The first-order valence-corrected chi connectivity index (χ1v) is 7.56. The average Bonchev–Trinajstić information content (AvgIpc) is 2.38. The molecule has 3 nitrogen and oxygen atoms in total. The zero-order chi connectivity index (χ0) is 13.4. The lowest BCUT2D eigenvalue weighted by molar-refractivity contribution is 0.156. The van der Waals surface area contributed by atoms with Gasteiger partial charge in [-0.1, -0.05) is 18.2 Å². The minimum Gasteiger partial charge on any atom is -0.484 e. The molecule has 1 aromatic heterocycles. The van der Waals surface area contributed by atoms with Crippen molar-refractivity contribution in [3.63, 3.8) is 0 Å². The van der Waals surface area contributed by atoms with E-state index >= 15 is 0 Å². The fourth-order valence-corrected chi connectivity index (χ4v) is 3.53. The Labute approximate surface area is 128 Å². The van der Waals surface area contributed by atoms with Crippen LogP contribution >= 0.6 is 31.9 Å². The van der Waals surface area contributed by atoms with E-state index in [4.69, 9.17) is 10.5 Å². The fourth-order valence-electron chi connectivity index (χ4n) is 2.28. The number of para-hydroxylation sites is 1. The highest BCUT2D eigenvalue weighted by Crippen LogP contribution is 2.40. The summed E-state index contributed by atoms with van der Waals surface area (Å²) in [4.78, 5) is 4.43. The van der Waals surface area contributed by atoms with Gasteiger partial charge in [0.05, 0.1) is 5.69 Å². The molecule has 2 aromatic rings. The predicted octanol–water partition coefficient (Wildman–Crippen LogP) is 4.13. The molecule has 0 amide bonds. The van der Waals surface area contributed by atoms with Crippen LogP contribution in [0.4, 0.5) is 0 Å². The Balaban J connectivity index is 1.97. The largest absolute Gasteiger partial charge is 0.484 e. The van der Waals surface area contributed by atoms with E-state index in [9.17, 15) is 0 Å². The van der Waals surface area contributed by atoms with E-state index in [-0.39, 0.29) is 12.1 Å². The van der Waals surface area contributed by atoms with Crippen LogP contribution in [0.5, 0.6) is 5.75 Å². The molecule has 2 atom stereocenters. The predicted molar refractivity (Wildman–Crippen MR) is 81.0 cm³/mol. The van der Waals surface area contributed by atoms with Crippen molar-refractivity contribution < 1.29 is 4.74 Å². The van der Waals surface area contributed by atoms with E-state index in [1.807, 2.05) is 30.3 Å². The van der Waals surface area contributed by atoms with Gasteiger partial charge in [-0.25, -0.2) is 0 Å². The van der Waals surface area contributed by atoms with Crippen molar-refractivity contribution in [3.8, 4) is 5.75 Å². The van der Waals surface area contributed by atoms with Crippen LogP contribution in [0.3, 0.4) is 0 Å². The maximum absolute atomic E-state index is 6.22. The number of hydrogen-bond acceptors (Lipinski definition) is 3. The highest BCUT2D eigenvalue weighted by Gasteiger charge is 2.28. The molecule has 0 spiro atoms. The van der Waals surface area contributed by atoms with Gasteiger partial charge in [-0.2, -0.15) is 0 Å². The van der Waals surface area contributed by atoms with Crippen LogP contribution in [0.25, 0.3) is 0 Å². The van der Waals surface area contributed by atoms with Gasteiger partial charge in [-0.3, -0.25) is 4.98 Å². The van der Waals surface area contributed by atoms with Crippen molar-refractivity contribution in [1.29, 1.82) is 0 Å². The van der Waals surface area contributed by atoms with Gasteiger partial charge in [0.1, 0.15) is 11.9 Å². The smallest absolute Gasteiger partial charge is 0.143 e. The number of aromatic nitrogens is 1. The van der Waals surface area contributed by atoms with Crippen LogP contribution in [0.15, 0.2) is 45.5 Å². The summed E-state index contributed by atoms with van der Waals surface area (Å²) < 4.78 is 7.88. The van der Waals surface area contributed by atoms with Gasteiger partial charge in [-0.15, -0.1) is 0 Å². The van der Waals surface area contributed by atoms with Gasteiger partial charge in [0, 0.05) is 33.2 Å². The van der Waals surface area contributed by atoms with Gasteiger partial charge in [0.2, 0.25) is 0 Å². The Morgan fingerprint density at radius 1 is 1.26 bits per heavy atom. The third-order valence-corrected chi connectivity index (χ3v) is 4.27. The first kappa shape index (κ1) is 13.1. The van der Waals surface area contributed by atoms with E-state index in [0.29, 0.717) is 0 Å². The molecule has 2 unspecified atom stereocenters. The Bertz CT molecular complexity index is 618. The van der Waals surface area contributed by atoms with E-state index in [1.54, 1.807) is 6.20 Å². The second-order valence-corrected chi connectivity index (χ2v) is 6.28. The number of nitrogens with two attached hydrogens (primary N) is 1. The standard InChI is InChI=1S/C14H12Br2N2O/c15-8-5-10(16)14(18-7-8)13-6-11(17)9-3-1-2-4-12(9)19-13/h1-5,7,11,13H,6,17H2. The van der Waals surface area contributed by atoms with Gasteiger partial charge in [-0.05, 0) is 44.0 Å². The lowest BCUT2D eigenvalue weighted by Gasteiger charge is -2.30. The van der Waals surface area contributed by atoms with Gasteiger partial charge >= 0.3 is 0 Å². The number of halogens is 2. The highest BCUT2D eigenvalue weighted by molar-refractivity contribution is 9.11. The highest BCUT2D eigenvalue weighted by atomic mass is 79.9. The molecule has 2 N–H and O–H groups in total. The summed E-state index contributed by atoms with van der Waals surface area (Å²) in [5.74, 6) is 0.850. The molecule has 98 valence electrons. The molecule has 0 saturated heterocycles. The Morgan fingerprint density at radius 2 is 2.05 bits per heavy atom. The monoisotopic (exact) mass is 382 g/mol. The van der Waals surface area contributed by atoms with Crippen LogP contribution in [0.1, 0.15) is 29.8 Å². The van der Waals surface area contributed by atoms with Crippen molar-refractivity contribution in [2.24, 2.45) is 5.73 Å². The molecule has 0 aliphatic carbocycles. The third kappa shape index (κ3) is 2.55. The molecule has 0 bridgehead atoms. The summed E-state index contributed by atoms with van der Waals surface area (Å²) in [7, 11) is 0. The summed E-state index contributed by atoms with van der Waals surface area (Å²) in [6.45, 7) is 0. The number of ether oxygens (including phenoxy) is 1. The normalized spacial score (nSPS) is 21.6. The zero-order valence-corrected chi connectivity index (χ0v) is 13.2. The molecule has 1 aromatic carbocycles. The molecular weight excluding hydrogens is 372 g/mol. The summed E-state index contributed by atoms with van der Waals surface area (Å²) in [6, 6.07) is 9.85. The van der Waals surface area contributed by atoms with Crippen molar-refractivity contribution in [1.82, 2.24) is 4.98 Å². The van der Waals surface area contributed by atoms with E-state index in [1.165, 1.54) is 0 Å². The molecule has 1 aliphatic heterocycles. The van der Waals surface area contributed by atoms with Gasteiger partial charge < -0.3 is 10.5 Å². The molecule has 3 rings (SSSR count). The topological polar surface area (TPSA) is 48.1 Å². The Kier molecular flexibility index (Phi) is 3.60. The number of rotatable bonds is 1. The minimum atomic E-state index is -0.118. The van der Waals surface area contributed by atoms with Crippen LogP contribution in [0, 0.1) is 0 Å².